The quantitative estimate of drug-likeness (QED) is 0.180. The van der Waals surface area contributed by atoms with Crippen LogP contribution in [0, 0.1) is 0 Å². The van der Waals surface area contributed by atoms with E-state index in [1.54, 1.807) is 37.4 Å². The van der Waals surface area contributed by atoms with Gasteiger partial charge in [0.2, 0.25) is 17.0 Å². The average molecular weight is 440 g/mol. The lowest BCUT2D eigenvalue weighted by Gasteiger charge is -2.08. The second kappa shape index (κ2) is 10.2. The van der Waals surface area contributed by atoms with Crippen LogP contribution in [0.15, 0.2) is 58.9 Å². The number of nitrogens with one attached hydrogen (secondary N) is 3. The summed E-state index contributed by atoms with van der Waals surface area (Å²) < 4.78 is 1.21. The minimum atomic E-state index is -0.258. The smallest absolute Gasteiger partial charge is 0.264 e. The first-order valence-electron chi connectivity index (χ1n) is 9.15. The SMILES string of the molecule is CC(=O)Nc1cccc(NC(=O)CSc2nnc(N/N=C(\C)c3ccccn3)n2N)c1. The number of aromatic nitrogens is 4. The zero-order chi connectivity index (χ0) is 22.2. The first-order valence-corrected chi connectivity index (χ1v) is 10.1. The highest BCUT2D eigenvalue weighted by Gasteiger charge is 2.12. The van der Waals surface area contributed by atoms with Gasteiger partial charge >= 0.3 is 0 Å². The molecule has 2 amide bonds. The Morgan fingerprint density at radius 1 is 1.10 bits per heavy atom. The zero-order valence-corrected chi connectivity index (χ0v) is 17.7. The topological polar surface area (TPSA) is 152 Å². The van der Waals surface area contributed by atoms with E-state index in [1.807, 2.05) is 18.2 Å². The molecule has 2 aromatic heterocycles. The summed E-state index contributed by atoms with van der Waals surface area (Å²) in [6, 6.07) is 12.4. The van der Waals surface area contributed by atoms with E-state index < -0.39 is 0 Å². The number of carbonyl (C=O) groups excluding carboxylic acids is 2. The molecule has 0 fully saturated rings. The molecule has 3 rings (SSSR count). The third-order valence-corrected chi connectivity index (χ3v) is 4.77. The molecule has 0 spiro atoms. The number of benzene rings is 1. The molecule has 0 saturated carbocycles. The molecule has 0 atom stereocenters. The second-order valence-corrected chi connectivity index (χ2v) is 7.24. The van der Waals surface area contributed by atoms with Crippen molar-refractivity contribution in [1.82, 2.24) is 19.9 Å². The number of hydrogen-bond donors (Lipinski definition) is 4. The summed E-state index contributed by atoms with van der Waals surface area (Å²) >= 11 is 1.12. The molecule has 12 heteroatoms. The van der Waals surface area contributed by atoms with Crippen molar-refractivity contribution < 1.29 is 9.59 Å². The summed E-state index contributed by atoms with van der Waals surface area (Å²) in [5.74, 6) is 5.83. The number of carbonyl (C=O) groups is 2. The fourth-order valence-electron chi connectivity index (χ4n) is 2.42. The highest BCUT2D eigenvalue weighted by atomic mass is 32.2. The largest absolute Gasteiger partial charge is 0.334 e. The Morgan fingerprint density at radius 2 is 1.87 bits per heavy atom. The van der Waals surface area contributed by atoms with Crippen LogP contribution in [-0.2, 0) is 9.59 Å². The molecule has 0 unspecified atom stereocenters. The number of hydrazone groups is 1. The molecule has 160 valence electrons. The minimum Gasteiger partial charge on any atom is -0.334 e. The number of nitrogen functional groups attached to an aromatic ring is 1. The van der Waals surface area contributed by atoms with Gasteiger partial charge in [-0.2, -0.15) is 5.10 Å². The predicted molar refractivity (Wildman–Crippen MR) is 120 cm³/mol. The lowest BCUT2D eigenvalue weighted by atomic mass is 10.2. The molecule has 0 aliphatic heterocycles. The van der Waals surface area contributed by atoms with Crippen LogP contribution in [0.2, 0.25) is 0 Å². The lowest BCUT2D eigenvalue weighted by molar-refractivity contribution is -0.114. The average Bonchev–Trinajstić information content (AvgIpc) is 3.10. The van der Waals surface area contributed by atoms with Gasteiger partial charge in [-0.25, -0.2) is 10.1 Å². The summed E-state index contributed by atoms with van der Waals surface area (Å²) in [7, 11) is 0. The van der Waals surface area contributed by atoms with Gasteiger partial charge in [-0.05, 0) is 37.3 Å². The number of nitrogens with zero attached hydrogens (tertiary/aromatic N) is 5. The number of pyridine rings is 1. The van der Waals surface area contributed by atoms with E-state index in [4.69, 9.17) is 5.84 Å². The molecule has 0 radical (unpaired) electrons. The third kappa shape index (κ3) is 6.27. The summed E-state index contributed by atoms with van der Waals surface area (Å²) in [6.45, 7) is 3.21. The van der Waals surface area contributed by atoms with Crippen molar-refractivity contribution in [2.24, 2.45) is 5.10 Å². The first kappa shape index (κ1) is 21.8. The van der Waals surface area contributed by atoms with Crippen LogP contribution in [-0.4, -0.2) is 43.1 Å². The van der Waals surface area contributed by atoms with Crippen LogP contribution < -0.4 is 21.9 Å². The highest BCUT2D eigenvalue weighted by molar-refractivity contribution is 7.99. The van der Waals surface area contributed by atoms with Gasteiger partial charge in [0.1, 0.15) is 0 Å². The summed E-state index contributed by atoms with van der Waals surface area (Å²) in [4.78, 5) is 27.6. The van der Waals surface area contributed by atoms with Crippen LogP contribution in [0.1, 0.15) is 19.5 Å². The molecule has 2 heterocycles. The number of amides is 2. The molecule has 1 aromatic carbocycles. The molecule has 11 nitrogen and oxygen atoms in total. The van der Waals surface area contributed by atoms with E-state index in [1.165, 1.54) is 11.6 Å². The maximum absolute atomic E-state index is 12.2. The molecular formula is C19H21N9O2S. The van der Waals surface area contributed by atoms with Gasteiger partial charge in [-0.15, -0.1) is 10.2 Å². The van der Waals surface area contributed by atoms with Crippen molar-refractivity contribution in [3.05, 3.63) is 54.4 Å². The standard InChI is InChI=1S/C19H21N9O2S/c1-12(16-8-3-4-9-21-16)24-25-18-26-27-19(28(18)20)31-11-17(30)23-15-7-5-6-14(10-15)22-13(2)29/h3-10H,11,20H2,1-2H3,(H,22,29)(H,23,30)(H,25,26)/b24-12+. The van der Waals surface area contributed by atoms with Gasteiger partial charge in [0, 0.05) is 24.5 Å². The number of hydrogen-bond acceptors (Lipinski definition) is 9. The normalized spacial score (nSPS) is 11.1. The van der Waals surface area contributed by atoms with Crippen molar-refractivity contribution in [3.8, 4) is 0 Å². The number of thioether (sulfide) groups is 1. The van der Waals surface area contributed by atoms with Crippen LogP contribution in [0.4, 0.5) is 17.3 Å². The van der Waals surface area contributed by atoms with Crippen LogP contribution >= 0.6 is 11.8 Å². The monoisotopic (exact) mass is 439 g/mol. The van der Waals surface area contributed by atoms with Crippen molar-refractivity contribution in [2.75, 3.05) is 27.7 Å². The van der Waals surface area contributed by atoms with Gasteiger partial charge in [0.05, 0.1) is 17.2 Å². The number of rotatable bonds is 8. The van der Waals surface area contributed by atoms with Gasteiger partial charge in [0.25, 0.3) is 5.95 Å². The fraction of sp³-hybridized carbons (Fsp3) is 0.158. The summed E-state index contributed by atoms with van der Waals surface area (Å²) in [5, 5.41) is 17.9. The van der Waals surface area contributed by atoms with E-state index in [2.05, 4.69) is 36.3 Å². The summed E-state index contributed by atoms with van der Waals surface area (Å²) in [6.07, 6.45) is 1.68. The molecular weight excluding hydrogens is 418 g/mol. The third-order valence-electron chi connectivity index (χ3n) is 3.82. The van der Waals surface area contributed by atoms with E-state index >= 15 is 0 Å². The molecule has 0 aliphatic carbocycles. The van der Waals surface area contributed by atoms with Gasteiger partial charge in [0.15, 0.2) is 0 Å². The molecule has 5 N–H and O–H groups in total. The molecule has 0 aliphatic rings. The van der Waals surface area contributed by atoms with Crippen LogP contribution in [0.3, 0.4) is 0 Å². The Morgan fingerprint density at radius 3 is 2.58 bits per heavy atom. The van der Waals surface area contributed by atoms with Crippen LogP contribution in [0.5, 0.6) is 0 Å². The van der Waals surface area contributed by atoms with Crippen molar-refractivity contribution >= 4 is 46.6 Å². The van der Waals surface area contributed by atoms with E-state index in [-0.39, 0.29) is 23.5 Å². The Balaban J connectivity index is 1.55. The van der Waals surface area contributed by atoms with E-state index in [0.717, 1.165) is 11.8 Å². The lowest BCUT2D eigenvalue weighted by Crippen LogP contribution is -2.17. The van der Waals surface area contributed by atoms with E-state index in [9.17, 15) is 9.59 Å². The number of nitrogens with two attached hydrogens (primary N) is 1. The van der Waals surface area contributed by atoms with Gasteiger partial charge in [-0.1, -0.05) is 23.9 Å². The Bertz CT molecular complexity index is 1100. The molecule has 0 saturated heterocycles. The van der Waals surface area contributed by atoms with E-state index in [0.29, 0.717) is 27.9 Å². The van der Waals surface area contributed by atoms with Gasteiger partial charge in [-0.3, -0.25) is 14.6 Å². The second-order valence-electron chi connectivity index (χ2n) is 6.30. The maximum atomic E-state index is 12.2. The molecule has 3 aromatic rings. The Labute approximate surface area is 182 Å². The first-order chi connectivity index (χ1) is 14.9. The predicted octanol–water partition coefficient (Wildman–Crippen LogP) is 1.91. The Kier molecular flexibility index (Phi) is 7.17. The highest BCUT2D eigenvalue weighted by Crippen LogP contribution is 2.19. The Hall–Kier alpha value is -3.93. The fourth-order valence-corrected chi connectivity index (χ4v) is 3.08. The number of anilines is 3. The van der Waals surface area contributed by atoms with Crippen molar-refractivity contribution in [1.29, 1.82) is 0 Å². The van der Waals surface area contributed by atoms with Crippen molar-refractivity contribution in [2.45, 2.75) is 19.0 Å². The van der Waals surface area contributed by atoms with Crippen molar-refractivity contribution in [3.63, 3.8) is 0 Å². The van der Waals surface area contributed by atoms with Gasteiger partial charge < -0.3 is 16.5 Å². The molecule has 0 bridgehead atoms. The molecule has 31 heavy (non-hydrogen) atoms. The summed E-state index contributed by atoms with van der Waals surface area (Å²) in [5.41, 5.74) is 5.27. The minimum absolute atomic E-state index is 0.0654. The zero-order valence-electron chi connectivity index (χ0n) is 16.9. The van der Waals surface area contributed by atoms with Crippen LogP contribution in [0.25, 0.3) is 0 Å². The maximum Gasteiger partial charge on any atom is 0.264 e.